The Balaban J connectivity index is 1.54. The van der Waals surface area contributed by atoms with Gasteiger partial charge in [-0.1, -0.05) is 107 Å². The summed E-state index contributed by atoms with van der Waals surface area (Å²) in [4.78, 5) is 4.94. The molecule has 2 nitrogen and oxygen atoms in total. The molecule has 0 atom stereocenters. The zero-order chi connectivity index (χ0) is 19.6. The summed E-state index contributed by atoms with van der Waals surface area (Å²) in [5, 5.41) is 0. The second-order valence-corrected chi connectivity index (χ2v) is 8.12. The molecule has 0 radical (unpaired) electrons. The van der Waals surface area contributed by atoms with E-state index >= 15 is 0 Å². The molecule has 0 saturated carbocycles. The number of hydrogen-bond donors (Lipinski definition) is 0. The van der Waals surface area contributed by atoms with Gasteiger partial charge in [0.05, 0.1) is 11.0 Å². The van der Waals surface area contributed by atoms with E-state index in [4.69, 9.17) is 4.98 Å². The Morgan fingerprint density at radius 3 is 2.00 bits per heavy atom. The van der Waals surface area contributed by atoms with Crippen LogP contribution in [0.5, 0.6) is 0 Å². The number of nitrogens with zero attached hydrogens (tertiary/aromatic N) is 2. The van der Waals surface area contributed by atoms with Crippen molar-refractivity contribution < 1.29 is 0 Å². The Morgan fingerprint density at radius 1 is 0.714 bits per heavy atom. The number of aromatic nitrogens is 2. The molecule has 0 unspecified atom stereocenters. The van der Waals surface area contributed by atoms with Gasteiger partial charge in [-0.05, 0) is 25.5 Å². The van der Waals surface area contributed by atoms with Crippen molar-refractivity contribution in [3.05, 3.63) is 54.1 Å². The van der Waals surface area contributed by atoms with E-state index in [-0.39, 0.29) is 0 Å². The Kier molecular flexibility index (Phi) is 8.14. The molecule has 3 rings (SSSR count). The maximum atomic E-state index is 4.94. The molecular weight excluding hydrogens is 340 g/mol. The van der Waals surface area contributed by atoms with Crippen LogP contribution in [0.3, 0.4) is 0 Å². The fraction of sp³-hybridized carbons (Fsp3) is 0.500. The van der Waals surface area contributed by atoms with Crippen molar-refractivity contribution in [3.8, 4) is 11.4 Å². The van der Waals surface area contributed by atoms with Crippen molar-refractivity contribution in [3.63, 3.8) is 0 Å². The average molecular weight is 377 g/mol. The largest absolute Gasteiger partial charge is 0.324 e. The predicted octanol–water partition coefficient (Wildman–Crippen LogP) is 7.93. The summed E-state index contributed by atoms with van der Waals surface area (Å²) in [6.45, 7) is 5.48. The summed E-state index contributed by atoms with van der Waals surface area (Å²) in [5.41, 5.74) is 4.87. The Labute approximate surface area is 171 Å². The summed E-state index contributed by atoms with van der Waals surface area (Å²) in [6, 6.07) is 17.3. The summed E-state index contributed by atoms with van der Waals surface area (Å²) >= 11 is 0. The van der Waals surface area contributed by atoms with E-state index in [1.54, 1.807) is 0 Å². The molecule has 0 fully saturated rings. The van der Waals surface area contributed by atoms with Crippen LogP contribution >= 0.6 is 0 Å². The molecule has 0 N–H and O–H groups in total. The summed E-state index contributed by atoms with van der Waals surface area (Å²) in [7, 11) is 0. The zero-order valence-corrected chi connectivity index (χ0v) is 17.8. The quantitative estimate of drug-likeness (QED) is 0.293. The first-order chi connectivity index (χ1) is 13.8. The number of benzene rings is 2. The molecule has 0 aliphatic heterocycles. The van der Waals surface area contributed by atoms with Crippen LogP contribution in [0.25, 0.3) is 22.4 Å². The predicted molar refractivity (Wildman–Crippen MR) is 122 cm³/mol. The monoisotopic (exact) mass is 376 g/mol. The van der Waals surface area contributed by atoms with Gasteiger partial charge in [-0.15, -0.1) is 0 Å². The molecule has 0 saturated heterocycles. The van der Waals surface area contributed by atoms with Crippen molar-refractivity contribution in [2.45, 2.75) is 84.6 Å². The number of para-hydroxylation sites is 2. The Bertz CT molecular complexity index is 829. The highest BCUT2D eigenvalue weighted by atomic mass is 15.1. The highest BCUT2D eigenvalue weighted by Gasteiger charge is 2.11. The topological polar surface area (TPSA) is 17.8 Å². The molecule has 3 aromatic rings. The molecule has 1 heterocycles. The molecule has 0 amide bonds. The van der Waals surface area contributed by atoms with E-state index in [1.807, 2.05) is 0 Å². The lowest BCUT2D eigenvalue weighted by Crippen LogP contribution is -2.01. The molecule has 2 aromatic carbocycles. The molecule has 0 bridgehead atoms. The summed E-state index contributed by atoms with van der Waals surface area (Å²) in [5.74, 6) is 1.11. The minimum atomic E-state index is 1.06. The first kappa shape index (κ1) is 20.6. The number of hydrogen-bond acceptors (Lipinski definition) is 1. The van der Waals surface area contributed by atoms with Crippen LogP contribution in [0.2, 0.25) is 0 Å². The van der Waals surface area contributed by atoms with Crippen LogP contribution in [0.1, 0.15) is 76.7 Å². The highest BCUT2D eigenvalue weighted by molar-refractivity contribution is 5.80. The second kappa shape index (κ2) is 11.0. The number of unbranched alkanes of at least 4 members (excludes halogenated alkanes) is 9. The maximum Gasteiger partial charge on any atom is 0.141 e. The fourth-order valence-electron chi connectivity index (χ4n) is 3.98. The van der Waals surface area contributed by atoms with Gasteiger partial charge in [0.25, 0.3) is 0 Å². The molecule has 0 spiro atoms. The van der Waals surface area contributed by atoms with E-state index in [9.17, 15) is 0 Å². The van der Waals surface area contributed by atoms with Gasteiger partial charge in [0.2, 0.25) is 0 Å². The molecule has 0 aliphatic rings. The van der Waals surface area contributed by atoms with Crippen LogP contribution in [-0.2, 0) is 6.54 Å². The minimum Gasteiger partial charge on any atom is -0.324 e. The number of imidazole rings is 1. The van der Waals surface area contributed by atoms with Crippen molar-refractivity contribution in [1.82, 2.24) is 9.55 Å². The van der Waals surface area contributed by atoms with Gasteiger partial charge in [0, 0.05) is 12.1 Å². The van der Waals surface area contributed by atoms with E-state index in [0.29, 0.717) is 0 Å². The standard InChI is InChI=1S/C26H36N2/c1-3-4-5-6-7-8-9-10-11-14-21-28-25-16-13-12-15-24(25)27-26(28)23-19-17-22(2)18-20-23/h12-13,15-20H,3-11,14,21H2,1-2H3. The first-order valence-corrected chi connectivity index (χ1v) is 11.3. The van der Waals surface area contributed by atoms with Crippen molar-refractivity contribution in [2.75, 3.05) is 0 Å². The molecule has 1 aromatic heterocycles. The lowest BCUT2D eigenvalue weighted by molar-refractivity contribution is 0.539. The van der Waals surface area contributed by atoms with Gasteiger partial charge in [0.1, 0.15) is 5.82 Å². The molecule has 150 valence electrons. The highest BCUT2D eigenvalue weighted by Crippen LogP contribution is 2.26. The van der Waals surface area contributed by atoms with Crippen molar-refractivity contribution in [1.29, 1.82) is 0 Å². The van der Waals surface area contributed by atoms with E-state index in [2.05, 4.69) is 66.9 Å². The van der Waals surface area contributed by atoms with Crippen LogP contribution in [0.4, 0.5) is 0 Å². The lowest BCUT2D eigenvalue weighted by Gasteiger charge is -2.10. The molecule has 2 heteroatoms. The van der Waals surface area contributed by atoms with E-state index in [0.717, 1.165) is 17.9 Å². The summed E-state index contributed by atoms with van der Waals surface area (Å²) in [6.07, 6.45) is 13.7. The third-order valence-electron chi connectivity index (χ3n) is 5.70. The Morgan fingerprint density at radius 2 is 1.32 bits per heavy atom. The van der Waals surface area contributed by atoms with Crippen LogP contribution in [0.15, 0.2) is 48.5 Å². The third kappa shape index (κ3) is 5.70. The van der Waals surface area contributed by atoms with Crippen LogP contribution in [-0.4, -0.2) is 9.55 Å². The van der Waals surface area contributed by atoms with Crippen LogP contribution in [0, 0.1) is 6.92 Å². The number of rotatable bonds is 12. The SMILES string of the molecule is CCCCCCCCCCCCn1c(-c2ccc(C)cc2)nc2ccccc21. The molecular formula is C26H36N2. The third-order valence-corrected chi connectivity index (χ3v) is 5.70. The van der Waals surface area contributed by atoms with Gasteiger partial charge in [-0.3, -0.25) is 0 Å². The average Bonchev–Trinajstić information content (AvgIpc) is 3.08. The van der Waals surface area contributed by atoms with E-state index in [1.165, 1.54) is 80.9 Å². The normalized spacial score (nSPS) is 11.4. The van der Waals surface area contributed by atoms with Gasteiger partial charge in [-0.2, -0.15) is 0 Å². The first-order valence-electron chi connectivity index (χ1n) is 11.3. The van der Waals surface area contributed by atoms with Gasteiger partial charge in [0.15, 0.2) is 0 Å². The van der Waals surface area contributed by atoms with Gasteiger partial charge >= 0.3 is 0 Å². The number of fused-ring (bicyclic) bond motifs is 1. The van der Waals surface area contributed by atoms with E-state index < -0.39 is 0 Å². The molecule has 0 aliphatic carbocycles. The summed E-state index contributed by atoms with van der Waals surface area (Å²) < 4.78 is 2.42. The number of aryl methyl sites for hydroxylation is 2. The minimum absolute atomic E-state index is 1.06. The van der Waals surface area contributed by atoms with Gasteiger partial charge < -0.3 is 4.57 Å². The van der Waals surface area contributed by atoms with Crippen molar-refractivity contribution >= 4 is 11.0 Å². The molecule has 28 heavy (non-hydrogen) atoms. The smallest absolute Gasteiger partial charge is 0.141 e. The van der Waals surface area contributed by atoms with Crippen molar-refractivity contribution in [2.24, 2.45) is 0 Å². The fourth-order valence-corrected chi connectivity index (χ4v) is 3.98. The van der Waals surface area contributed by atoms with Gasteiger partial charge in [-0.25, -0.2) is 4.98 Å². The zero-order valence-electron chi connectivity index (χ0n) is 17.8. The van der Waals surface area contributed by atoms with Crippen LogP contribution < -0.4 is 0 Å². The lowest BCUT2D eigenvalue weighted by atomic mass is 10.1. The Hall–Kier alpha value is -2.09. The second-order valence-electron chi connectivity index (χ2n) is 8.12. The maximum absolute atomic E-state index is 4.94.